The van der Waals surface area contributed by atoms with Crippen molar-refractivity contribution in [2.24, 2.45) is 0 Å². The molecular formula is C17H13NO5. The first-order chi connectivity index (χ1) is 11.1. The topological polar surface area (TPSA) is 89.6 Å². The summed E-state index contributed by atoms with van der Waals surface area (Å²) in [5, 5.41) is 9.84. The molecule has 0 unspecified atom stereocenters. The zero-order valence-electron chi connectivity index (χ0n) is 12.3. The SMILES string of the molecule is COc1ccc(C(=O)CC(=O)c2nc3ccccc3o2)c(O)c1. The van der Waals surface area contributed by atoms with E-state index in [0.717, 1.165) is 0 Å². The molecule has 0 amide bonds. The molecule has 1 aromatic heterocycles. The van der Waals surface area contributed by atoms with Gasteiger partial charge >= 0.3 is 0 Å². The number of phenols is 1. The summed E-state index contributed by atoms with van der Waals surface area (Å²) in [5.41, 5.74) is 1.08. The Hall–Kier alpha value is -3.15. The number of ketones is 2. The van der Waals surface area contributed by atoms with Crippen LogP contribution in [0.2, 0.25) is 0 Å². The highest BCUT2D eigenvalue weighted by molar-refractivity contribution is 6.13. The van der Waals surface area contributed by atoms with E-state index in [-0.39, 0.29) is 17.2 Å². The Labute approximate surface area is 131 Å². The molecule has 2 aromatic carbocycles. The Morgan fingerprint density at radius 2 is 1.96 bits per heavy atom. The van der Waals surface area contributed by atoms with Gasteiger partial charge in [-0.25, -0.2) is 4.98 Å². The second-order valence-electron chi connectivity index (χ2n) is 4.89. The number of aromatic nitrogens is 1. The molecule has 3 aromatic rings. The maximum atomic E-state index is 12.2. The molecular weight excluding hydrogens is 298 g/mol. The normalized spacial score (nSPS) is 10.7. The monoisotopic (exact) mass is 311 g/mol. The molecule has 1 N–H and O–H groups in total. The lowest BCUT2D eigenvalue weighted by Crippen LogP contribution is -2.09. The average Bonchev–Trinajstić information content (AvgIpc) is 2.98. The molecule has 0 aliphatic carbocycles. The predicted octanol–water partition coefficient (Wildman–Crippen LogP) is 3.00. The van der Waals surface area contributed by atoms with Gasteiger partial charge in [-0.2, -0.15) is 0 Å². The van der Waals surface area contributed by atoms with Crippen LogP contribution in [0.1, 0.15) is 27.5 Å². The molecule has 0 radical (unpaired) electrons. The summed E-state index contributed by atoms with van der Waals surface area (Å²) in [5.74, 6) is -0.990. The number of para-hydroxylation sites is 2. The number of phenolic OH excluding ortho intramolecular Hbond substituents is 1. The van der Waals surface area contributed by atoms with Crippen LogP contribution < -0.4 is 4.74 Å². The fourth-order valence-electron chi connectivity index (χ4n) is 2.18. The summed E-state index contributed by atoms with van der Waals surface area (Å²) >= 11 is 0. The minimum absolute atomic E-state index is 0.0512. The first-order valence-electron chi connectivity index (χ1n) is 6.87. The number of rotatable bonds is 5. The number of benzene rings is 2. The second-order valence-corrected chi connectivity index (χ2v) is 4.89. The second kappa shape index (κ2) is 5.92. The summed E-state index contributed by atoms with van der Waals surface area (Å²) in [6.45, 7) is 0. The number of hydrogen-bond donors (Lipinski definition) is 1. The van der Waals surface area contributed by atoms with Gasteiger partial charge in [0, 0.05) is 6.07 Å². The van der Waals surface area contributed by atoms with Gasteiger partial charge in [0.2, 0.25) is 5.78 Å². The Morgan fingerprint density at radius 1 is 1.17 bits per heavy atom. The van der Waals surface area contributed by atoms with Crippen LogP contribution in [0, 0.1) is 0 Å². The van der Waals surface area contributed by atoms with Crippen molar-refractivity contribution in [1.82, 2.24) is 4.98 Å². The third kappa shape index (κ3) is 2.91. The van der Waals surface area contributed by atoms with E-state index < -0.39 is 18.0 Å². The van der Waals surface area contributed by atoms with Gasteiger partial charge in [-0.15, -0.1) is 0 Å². The molecule has 6 nitrogen and oxygen atoms in total. The quantitative estimate of drug-likeness (QED) is 0.575. The van der Waals surface area contributed by atoms with Crippen molar-refractivity contribution in [3.63, 3.8) is 0 Å². The summed E-state index contributed by atoms with van der Waals surface area (Å²) < 4.78 is 10.3. The van der Waals surface area contributed by atoms with E-state index in [1.807, 2.05) is 0 Å². The van der Waals surface area contributed by atoms with Crippen molar-refractivity contribution in [3.8, 4) is 11.5 Å². The van der Waals surface area contributed by atoms with Crippen molar-refractivity contribution >= 4 is 22.7 Å². The van der Waals surface area contributed by atoms with Gasteiger partial charge in [-0.1, -0.05) is 12.1 Å². The lowest BCUT2D eigenvalue weighted by Gasteiger charge is -2.05. The van der Waals surface area contributed by atoms with Crippen molar-refractivity contribution in [1.29, 1.82) is 0 Å². The maximum Gasteiger partial charge on any atom is 0.264 e. The number of fused-ring (bicyclic) bond motifs is 1. The number of Topliss-reactive ketones (excluding diaryl/α,β-unsaturated/α-hetero) is 2. The zero-order valence-corrected chi connectivity index (χ0v) is 12.3. The molecule has 6 heteroatoms. The van der Waals surface area contributed by atoms with Gasteiger partial charge in [0.15, 0.2) is 11.4 Å². The van der Waals surface area contributed by atoms with Crippen LogP contribution in [0.5, 0.6) is 11.5 Å². The van der Waals surface area contributed by atoms with Crippen LogP contribution in [0.4, 0.5) is 0 Å². The molecule has 23 heavy (non-hydrogen) atoms. The van der Waals surface area contributed by atoms with Crippen LogP contribution in [0.3, 0.4) is 0 Å². The average molecular weight is 311 g/mol. The lowest BCUT2D eigenvalue weighted by molar-refractivity contribution is 0.0874. The van der Waals surface area contributed by atoms with Gasteiger partial charge in [0.1, 0.15) is 17.0 Å². The fourth-order valence-corrected chi connectivity index (χ4v) is 2.18. The van der Waals surface area contributed by atoms with Crippen molar-refractivity contribution in [2.45, 2.75) is 6.42 Å². The third-order valence-electron chi connectivity index (χ3n) is 3.36. The molecule has 0 atom stereocenters. The van der Waals surface area contributed by atoms with Crippen LogP contribution in [-0.2, 0) is 0 Å². The first-order valence-corrected chi connectivity index (χ1v) is 6.87. The number of oxazole rings is 1. The van der Waals surface area contributed by atoms with Crippen LogP contribution in [-0.4, -0.2) is 28.8 Å². The van der Waals surface area contributed by atoms with Gasteiger partial charge < -0.3 is 14.3 Å². The highest BCUT2D eigenvalue weighted by Gasteiger charge is 2.21. The molecule has 0 fully saturated rings. The zero-order chi connectivity index (χ0) is 16.4. The molecule has 1 heterocycles. The number of hydrogen-bond acceptors (Lipinski definition) is 6. The number of ether oxygens (including phenoxy) is 1. The number of aromatic hydroxyl groups is 1. The number of nitrogens with zero attached hydrogens (tertiary/aromatic N) is 1. The smallest absolute Gasteiger partial charge is 0.264 e. The first kappa shape index (κ1) is 14.8. The maximum absolute atomic E-state index is 12.2. The summed E-state index contributed by atoms with van der Waals surface area (Å²) in [6.07, 6.45) is -0.438. The van der Waals surface area contributed by atoms with Crippen molar-refractivity contribution < 1.29 is 23.8 Å². The minimum Gasteiger partial charge on any atom is -0.507 e. The Balaban J connectivity index is 1.80. The largest absolute Gasteiger partial charge is 0.507 e. The van der Waals surface area contributed by atoms with Crippen molar-refractivity contribution in [3.05, 3.63) is 53.9 Å². The predicted molar refractivity (Wildman–Crippen MR) is 81.9 cm³/mol. The molecule has 0 bridgehead atoms. The van der Waals surface area contributed by atoms with E-state index >= 15 is 0 Å². The summed E-state index contributed by atoms with van der Waals surface area (Å²) in [7, 11) is 1.45. The van der Waals surface area contributed by atoms with E-state index in [1.54, 1.807) is 24.3 Å². The molecule has 0 saturated heterocycles. The highest BCUT2D eigenvalue weighted by atomic mass is 16.5. The van der Waals surface area contributed by atoms with E-state index in [9.17, 15) is 14.7 Å². The molecule has 116 valence electrons. The standard InChI is InChI=1S/C17H13NO5/c1-22-10-6-7-11(13(19)8-10)14(20)9-15(21)17-18-12-4-2-3-5-16(12)23-17/h2-8,19H,9H2,1H3. The molecule has 0 saturated carbocycles. The van der Waals surface area contributed by atoms with Crippen LogP contribution in [0.15, 0.2) is 46.9 Å². The Kier molecular flexibility index (Phi) is 3.80. The highest BCUT2D eigenvalue weighted by Crippen LogP contribution is 2.25. The molecule has 0 spiro atoms. The van der Waals surface area contributed by atoms with Gasteiger partial charge in [0.05, 0.1) is 19.1 Å². The summed E-state index contributed by atoms with van der Waals surface area (Å²) in [4.78, 5) is 28.4. The number of carbonyl (C=O) groups excluding carboxylic acids is 2. The number of methoxy groups -OCH3 is 1. The molecule has 3 rings (SSSR count). The third-order valence-corrected chi connectivity index (χ3v) is 3.36. The molecule has 0 aliphatic heterocycles. The fraction of sp³-hybridized carbons (Fsp3) is 0.118. The van der Waals surface area contributed by atoms with E-state index in [0.29, 0.717) is 16.8 Å². The van der Waals surface area contributed by atoms with E-state index in [1.165, 1.54) is 25.3 Å². The summed E-state index contributed by atoms with van der Waals surface area (Å²) in [6, 6.07) is 11.2. The minimum atomic E-state index is -0.540. The van der Waals surface area contributed by atoms with E-state index in [4.69, 9.17) is 9.15 Å². The Morgan fingerprint density at radius 3 is 2.65 bits per heavy atom. The van der Waals surface area contributed by atoms with E-state index in [2.05, 4.69) is 4.98 Å². The van der Waals surface area contributed by atoms with Gasteiger partial charge in [0.25, 0.3) is 5.89 Å². The van der Waals surface area contributed by atoms with Gasteiger partial charge in [-0.3, -0.25) is 9.59 Å². The lowest BCUT2D eigenvalue weighted by atomic mass is 10.0. The molecule has 0 aliphatic rings. The number of carbonyl (C=O) groups is 2. The Bertz CT molecular complexity index is 864. The van der Waals surface area contributed by atoms with Crippen LogP contribution >= 0.6 is 0 Å². The van der Waals surface area contributed by atoms with Gasteiger partial charge in [-0.05, 0) is 24.3 Å². The van der Waals surface area contributed by atoms with Crippen LogP contribution in [0.25, 0.3) is 11.1 Å². The van der Waals surface area contributed by atoms with Crippen molar-refractivity contribution in [2.75, 3.05) is 7.11 Å².